The maximum Gasteiger partial charge on any atom is 0.419 e. The third-order valence-corrected chi connectivity index (χ3v) is 4.76. The summed E-state index contributed by atoms with van der Waals surface area (Å²) in [5.41, 5.74) is -1.53. The zero-order valence-corrected chi connectivity index (χ0v) is 14.6. The number of anilines is 2. The molecule has 140 valence electrons. The summed E-state index contributed by atoms with van der Waals surface area (Å²) in [5.74, 6) is -1.96. The van der Waals surface area contributed by atoms with Crippen LogP contribution < -0.4 is 10.0 Å². The van der Waals surface area contributed by atoms with Crippen molar-refractivity contribution in [3.05, 3.63) is 52.8 Å². The van der Waals surface area contributed by atoms with E-state index in [1.54, 1.807) is 0 Å². The zero-order chi connectivity index (χ0) is 19.7. The number of carbonyl (C=O) groups excluding carboxylic acids is 1. The molecule has 0 saturated carbocycles. The first kappa shape index (κ1) is 20.0. The molecule has 0 saturated heterocycles. The van der Waals surface area contributed by atoms with Gasteiger partial charge in [0.1, 0.15) is 5.82 Å². The topological polar surface area (TPSA) is 75.3 Å². The molecule has 0 aliphatic heterocycles. The van der Waals surface area contributed by atoms with E-state index in [1.807, 2.05) is 4.72 Å². The molecular weight excluding hydrogens is 400 g/mol. The molecule has 0 atom stereocenters. The fraction of sp³-hybridized carbons (Fsp3) is 0.133. The number of hydrogen-bond donors (Lipinski definition) is 2. The standard InChI is InChI=1S/C15H11ClF4N2O3S/c1-8(23)21-9-2-5-14(12(16)6-9)22-26(24,25)10-3-4-13(17)11(7-10)15(18,19)20/h2-7,22H,1H3,(H,21,23). The van der Waals surface area contributed by atoms with Gasteiger partial charge in [0.05, 0.1) is 21.2 Å². The highest BCUT2D eigenvalue weighted by Crippen LogP contribution is 2.34. The molecule has 1 amide bonds. The Morgan fingerprint density at radius 3 is 2.31 bits per heavy atom. The van der Waals surface area contributed by atoms with Gasteiger partial charge in [0.25, 0.3) is 10.0 Å². The SMILES string of the molecule is CC(=O)Nc1ccc(NS(=O)(=O)c2ccc(F)c(C(F)(F)F)c2)c(Cl)c1. The molecule has 0 aliphatic carbocycles. The van der Waals surface area contributed by atoms with E-state index in [0.717, 1.165) is 0 Å². The van der Waals surface area contributed by atoms with Gasteiger partial charge in [-0.15, -0.1) is 0 Å². The molecule has 0 fully saturated rings. The highest BCUT2D eigenvalue weighted by molar-refractivity contribution is 7.92. The number of benzene rings is 2. The van der Waals surface area contributed by atoms with Crippen LogP contribution in [0.5, 0.6) is 0 Å². The summed E-state index contributed by atoms with van der Waals surface area (Å²) in [5, 5.41) is 2.33. The second kappa shape index (κ2) is 7.12. The van der Waals surface area contributed by atoms with Crippen LogP contribution in [0, 0.1) is 5.82 Å². The molecule has 0 spiro atoms. The van der Waals surface area contributed by atoms with Crippen molar-refractivity contribution in [1.29, 1.82) is 0 Å². The average molecular weight is 411 g/mol. The Morgan fingerprint density at radius 1 is 1.12 bits per heavy atom. The van der Waals surface area contributed by atoms with Crippen LogP contribution in [0.4, 0.5) is 28.9 Å². The van der Waals surface area contributed by atoms with Gasteiger partial charge in [-0.2, -0.15) is 13.2 Å². The Morgan fingerprint density at radius 2 is 1.77 bits per heavy atom. The zero-order valence-electron chi connectivity index (χ0n) is 13.0. The van der Waals surface area contributed by atoms with E-state index >= 15 is 0 Å². The quantitative estimate of drug-likeness (QED) is 0.740. The van der Waals surface area contributed by atoms with E-state index in [-0.39, 0.29) is 22.7 Å². The summed E-state index contributed by atoms with van der Waals surface area (Å²) in [4.78, 5) is 10.2. The predicted octanol–water partition coefficient (Wildman–Crippen LogP) is 4.26. The Bertz CT molecular complexity index is 962. The highest BCUT2D eigenvalue weighted by Gasteiger charge is 2.35. The van der Waals surface area contributed by atoms with Gasteiger partial charge in [-0.25, -0.2) is 12.8 Å². The van der Waals surface area contributed by atoms with Gasteiger partial charge in [-0.3, -0.25) is 9.52 Å². The van der Waals surface area contributed by atoms with Crippen LogP contribution in [0.3, 0.4) is 0 Å². The lowest BCUT2D eigenvalue weighted by atomic mass is 10.2. The van der Waals surface area contributed by atoms with Gasteiger partial charge in [0.15, 0.2) is 0 Å². The predicted molar refractivity (Wildman–Crippen MR) is 88.0 cm³/mol. The molecule has 2 aromatic carbocycles. The molecule has 0 aromatic heterocycles. The van der Waals surface area contributed by atoms with Crippen molar-refractivity contribution in [2.24, 2.45) is 0 Å². The number of nitrogens with one attached hydrogen (secondary N) is 2. The van der Waals surface area contributed by atoms with E-state index < -0.39 is 32.5 Å². The van der Waals surface area contributed by atoms with Crippen molar-refractivity contribution in [2.45, 2.75) is 18.0 Å². The molecule has 0 aliphatic rings. The van der Waals surface area contributed by atoms with Gasteiger partial charge in [-0.1, -0.05) is 11.6 Å². The lowest BCUT2D eigenvalue weighted by Crippen LogP contribution is -2.16. The monoisotopic (exact) mass is 410 g/mol. The summed E-state index contributed by atoms with van der Waals surface area (Å²) >= 11 is 5.92. The molecule has 0 heterocycles. The highest BCUT2D eigenvalue weighted by atomic mass is 35.5. The maximum absolute atomic E-state index is 13.3. The average Bonchev–Trinajstić information content (AvgIpc) is 2.48. The van der Waals surface area contributed by atoms with Crippen molar-refractivity contribution >= 4 is 38.9 Å². The summed E-state index contributed by atoms with van der Waals surface area (Å²) in [6, 6.07) is 5.13. The Labute approximate surface area is 151 Å². The number of amides is 1. The second-order valence-corrected chi connectivity index (χ2v) is 7.21. The first-order valence-electron chi connectivity index (χ1n) is 6.87. The van der Waals surface area contributed by atoms with Gasteiger partial charge < -0.3 is 5.32 Å². The minimum atomic E-state index is -5.05. The molecule has 2 N–H and O–H groups in total. The van der Waals surface area contributed by atoms with E-state index in [1.165, 1.54) is 25.1 Å². The molecule has 26 heavy (non-hydrogen) atoms. The van der Waals surface area contributed by atoms with Crippen LogP contribution in [0.1, 0.15) is 12.5 Å². The van der Waals surface area contributed by atoms with Crippen LogP contribution in [0.25, 0.3) is 0 Å². The van der Waals surface area contributed by atoms with Gasteiger partial charge in [0, 0.05) is 12.6 Å². The lowest BCUT2D eigenvalue weighted by Gasteiger charge is -2.13. The molecule has 0 radical (unpaired) electrons. The smallest absolute Gasteiger partial charge is 0.326 e. The van der Waals surface area contributed by atoms with Gasteiger partial charge in [0.2, 0.25) is 5.91 Å². The van der Waals surface area contributed by atoms with Crippen LogP contribution in [0.15, 0.2) is 41.3 Å². The van der Waals surface area contributed by atoms with Gasteiger partial charge in [-0.05, 0) is 36.4 Å². The van der Waals surface area contributed by atoms with Crippen LogP contribution in [-0.2, 0) is 21.0 Å². The van der Waals surface area contributed by atoms with Gasteiger partial charge >= 0.3 is 6.18 Å². The van der Waals surface area contributed by atoms with Crippen LogP contribution >= 0.6 is 11.6 Å². The third-order valence-electron chi connectivity index (χ3n) is 3.09. The maximum atomic E-state index is 13.3. The largest absolute Gasteiger partial charge is 0.419 e. The fourth-order valence-electron chi connectivity index (χ4n) is 1.97. The minimum absolute atomic E-state index is 0.0991. The Balaban J connectivity index is 2.36. The summed E-state index contributed by atoms with van der Waals surface area (Å²) in [7, 11) is -4.46. The molecule has 2 rings (SSSR count). The molecule has 11 heteroatoms. The van der Waals surface area contributed by atoms with E-state index in [0.29, 0.717) is 17.8 Å². The van der Waals surface area contributed by atoms with Crippen molar-refractivity contribution in [3.63, 3.8) is 0 Å². The van der Waals surface area contributed by atoms with Crippen molar-refractivity contribution in [1.82, 2.24) is 0 Å². The Kier molecular flexibility index (Phi) is 5.47. The normalized spacial score (nSPS) is 11.9. The molecule has 0 unspecified atom stereocenters. The molecule has 2 aromatic rings. The van der Waals surface area contributed by atoms with E-state index in [4.69, 9.17) is 11.6 Å². The molecule has 0 bridgehead atoms. The summed E-state index contributed by atoms with van der Waals surface area (Å²) in [6.45, 7) is 1.26. The van der Waals surface area contributed by atoms with E-state index in [9.17, 15) is 30.8 Å². The van der Waals surface area contributed by atoms with Crippen molar-refractivity contribution < 1.29 is 30.8 Å². The lowest BCUT2D eigenvalue weighted by molar-refractivity contribution is -0.140. The first-order valence-corrected chi connectivity index (χ1v) is 8.73. The number of hydrogen-bond acceptors (Lipinski definition) is 3. The fourth-order valence-corrected chi connectivity index (χ4v) is 3.36. The number of rotatable bonds is 4. The van der Waals surface area contributed by atoms with Crippen molar-refractivity contribution in [2.75, 3.05) is 10.0 Å². The number of carbonyl (C=O) groups is 1. The van der Waals surface area contributed by atoms with Crippen molar-refractivity contribution in [3.8, 4) is 0 Å². The van der Waals surface area contributed by atoms with Crippen LogP contribution in [0.2, 0.25) is 5.02 Å². The molecular formula is C15H11ClF4N2O3S. The number of alkyl halides is 3. The third kappa shape index (κ3) is 4.64. The summed E-state index contributed by atoms with van der Waals surface area (Å²) < 4.78 is 78.1. The van der Waals surface area contributed by atoms with E-state index in [2.05, 4.69) is 5.32 Å². The Hall–Kier alpha value is -2.33. The first-order chi connectivity index (χ1) is 11.9. The number of halogens is 5. The number of sulfonamides is 1. The second-order valence-electron chi connectivity index (χ2n) is 5.12. The molecule has 5 nitrogen and oxygen atoms in total. The van der Waals surface area contributed by atoms with Crippen LogP contribution in [-0.4, -0.2) is 14.3 Å². The summed E-state index contributed by atoms with van der Waals surface area (Å²) in [6.07, 6.45) is -5.05. The minimum Gasteiger partial charge on any atom is -0.326 e.